The Hall–Kier alpha value is -1.59. The molecule has 0 saturated carbocycles. The van der Waals surface area contributed by atoms with Crippen molar-refractivity contribution in [3.63, 3.8) is 0 Å². The summed E-state index contributed by atoms with van der Waals surface area (Å²) in [6.45, 7) is 6.07. The van der Waals surface area contributed by atoms with E-state index in [2.05, 4.69) is 9.71 Å². The van der Waals surface area contributed by atoms with Gasteiger partial charge in [-0.25, -0.2) is 8.42 Å². The summed E-state index contributed by atoms with van der Waals surface area (Å²) < 4.78 is 27.5. The highest BCUT2D eigenvalue weighted by atomic mass is 35.5. The fourth-order valence-corrected chi connectivity index (χ4v) is 3.50. The molecule has 1 N–H and O–H groups in total. The quantitative estimate of drug-likeness (QED) is 0.933. The fourth-order valence-electron chi connectivity index (χ4n) is 1.99. The molecule has 0 atom stereocenters. The highest BCUT2D eigenvalue weighted by Crippen LogP contribution is 2.31. The van der Waals surface area contributed by atoms with E-state index in [1.807, 2.05) is 32.9 Å². The zero-order chi connectivity index (χ0) is 15.7. The first kappa shape index (κ1) is 15.8. The van der Waals surface area contributed by atoms with Gasteiger partial charge in [0.15, 0.2) is 0 Å². The third-order valence-electron chi connectivity index (χ3n) is 3.00. The molecule has 0 spiro atoms. The number of hydrogen-bond acceptors (Lipinski definition) is 3. The van der Waals surface area contributed by atoms with Crippen LogP contribution in [0, 0.1) is 0 Å². The van der Waals surface area contributed by atoms with Gasteiger partial charge in [0.2, 0.25) is 0 Å². The van der Waals surface area contributed by atoms with Crippen molar-refractivity contribution in [1.29, 1.82) is 0 Å². The summed E-state index contributed by atoms with van der Waals surface area (Å²) in [5.74, 6) is 0. The molecular formula is C15H17ClN2O2S. The molecule has 1 aromatic heterocycles. The molecule has 0 unspecified atom stereocenters. The normalized spacial score (nSPS) is 12.2. The van der Waals surface area contributed by atoms with E-state index in [9.17, 15) is 8.42 Å². The lowest BCUT2D eigenvalue weighted by molar-refractivity contribution is 0.590. The van der Waals surface area contributed by atoms with Gasteiger partial charge in [-0.05, 0) is 23.1 Å². The summed E-state index contributed by atoms with van der Waals surface area (Å²) in [6.07, 6.45) is 2.69. The standard InChI is InChI=1S/C15H17ClN2O2S/c1-15(2,3)11-6-4-5-7-13(11)18-21(19,20)14-10-17-9-8-12(14)16/h4-10,18H,1-3H3. The molecule has 2 aromatic rings. The van der Waals surface area contributed by atoms with Crippen LogP contribution in [0.2, 0.25) is 5.02 Å². The fraction of sp³-hybridized carbons (Fsp3) is 0.267. The van der Waals surface area contributed by atoms with Gasteiger partial charge in [0.25, 0.3) is 10.0 Å². The van der Waals surface area contributed by atoms with Gasteiger partial charge in [-0.2, -0.15) is 0 Å². The lowest BCUT2D eigenvalue weighted by atomic mass is 9.86. The number of anilines is 1. The van der Waals surface area contributed by atoms with Crippen LogP contribution in [0.1, 0.15) is 26.3 Å². The Bertz CT molecular complexity index is 752. The van der Waals surface area contributed by atoms with Crippen LogP contribution in [0.25, 0.3) is 0 Å². The van der Waals surface area contributed by atoms with E-state index in [-0.39, 0.29) is 15.3 Å². The summed E-state index contributed by atoms with van der Waals surface area (Å²) >= 11 is 5.95. The molecule has 0 aliphatic heterocycles. The molecule has 0 radical (unpaired) electrons. The first-order valence-corrected chi connectivity index (χ1v) is 8.30. The largest absolute Gasteiger partial charge is 0.279 e. The van der Waals surface area contributed by atoms with Crippen LogP contribution in [-0.2, 0) is 15.4 Å². The van der Waals surface area contributed by atoms with Crippen molar-refractivity contribution in [3.8, 4) is 0 Å². The molecule has 1 aromatic carbocycles. The molecular weight excluding hydrogens is 308 g/mol. The van der Waals surface area contributed by atoms with Crippen LogP contribution in [0.5, 0.6) is 0 Å². The van der Waals surface area contributed by atoms with Crippen molar-refractivity contribution >= 4 is 27.3 Å². The van der Waals surface area contributed by atoms with E-state index in [1.54, 1.807) is 12.1 Å². The number of sulfonamides is 1. The maximum Gasteiger partial charge on any atom is 0.264 e. The van der Waals surface area contributed by atoms with Crippen LogP contribution in [0.3, 0.4) is 0 Å². The predicted octanol–water partition coefficient (Wildman–Crippen LogP) is 3.83. The average molecular weight is 325 g/mol. The maximum atomic E-state index is 12.5. The van der Waals surface area contributed by atoms with Crippen molar-refractivity contribution in [1.82, 2.24) is 4.98 Å². The molecule has 0 bridgehead atoms. The number of aromatic nitrogens is 1. The van der Waals surface area contributed by atoms with E-state index < -0.39 is 10.0 Å². The number of hydrogen-bond donors (Lipinski definition) is 1. The molecule has 4 nitrogen and oxygen atoms in total. The minimum Gasteiger partial charge on any atom is -0.279 e. The smallest absolute Gasteiger partial charge is 0.264 e. The Morgan fingerprint density at radius 3 is 2.43 bits per heavy atom. The second-order valence-electron chi connectivity index (χ2n) is 5.71. The SMILES string of the molecule is CC(C)(C)c1ccccc1NS(=O)(=O)c1cnccc1Cl. The molecule has 1 heterocycles. The van der Waals surface area contributed by atoms with Crippen molar-refractivity contribution in [2.45, 2.75) is 31.1 Å². The third kappa shape index (κ3) is 3.54. The van der Waals surface area contributed by atoms with Gasteiger partial charge in [0, 0.05) is 12.4 Å². The zero-order valence-electron chi connectivity index (χ0n) is 12.1. The van der Waals surface area contributed by atoms with Gasteiger partial charge in [0.1, 0.15) is 4.90 Å². The number of halogens is 1. The van der Waals surface area contributed by atoms with Gasteiger partial charge < -0.3 is 0 Å². The maximum absolute atomic E-state index is 12.5. The third-order valence-corrected chi connectivity index (χ3v) is 4.84. The van der Waals surface area contributed by atoms with Crippen molar-refractivity contribution in [2.24, 2.45) is 0 Å². The Kier molecular flexibility index (Phi) is 4.25. The number of para-hydroxylation sites is 1. The van der Waals surface area contributed by atoms with Crippen LogP contribution in [0.15, 0.2) is 47.6 Å². The van der Waals surface area contributed by atoms with E-state index in [4.69, 9.17) is 11.6 Å². The van der Waals surface area contributed by atoms with Gasteiger partial charge in [-0.15, -0.1) is 0 Å². The number of pyridine rings is 1. The predicted molar refractivity (Wildman–Crippen MR) is 85.2 cm³/mol. The second kappa shape index (κ2) is 5.66. The topological polar surface area (TPSA) is 59.1 Å². The monoisotopic (exact) mass is 324 g/mol. The van der Waals surface area contributed by atoms with Gasteiger partial charge in [-0.3, -0.25) is 9.71 Å². The number of nitrogens with one attached hydrogen (secondary N) is 1. The van der Waals surface area contributed by atoms with Gasteiger partial charge in [-0.1, -0.05) is 50.6 Å². The summed E-state index contributed by atoms with van der Waals surface area (Å²) in [6, 6.07) is 8.77. The molecule has 2 rings (SSSR count). The van der Waals surface area contributed by atoms with Crippen LogP contribution in [0.4, 0.5) is 5.69 Å². The van der Waals surface area contributed by atoms with E-state index in [0.717, 1.165) is 5.56 Å². The molecule has 0 fully saturated rings. The molecule has 0 aliphatic carbocycles. The minimum atomic E-state index is -3.77. The number of rotatable bonds is 3. The molecule has 0 saturated heterocycles. The first-order chi connectivity index (χ1) is 9.72. The Balaban J connectivity index is 2.46. The van der Waals surface area contributed by atoms with E-state index in [0.29, 0.717) is 5.69 Å². The summed E-state index contributed by atoms with van der Waals surface area (Å²) in [7, 11) is -3.77. The second-order valence-corrected chi connectivity index (χ2v) is 7.77. The number of nitrogens with zero attached hydrogens (tertiary/aromatic N) is 1. The molecule has 6 heteroatoms. The van der Waals surface area contributed by atoms with Crippen molar-refractivity contribution < 1.29 is 8.42 Å². The lowest BCUT2D eigenvalue weighted by Crippen LogP contribution is -2.19. The zero-order valence-corrected chi connectivity index (χ0v) is 13.7. The van der Waals surface area contributed by atoms with Crippen molar-refractivity contribution in [2.75, 3.05) is 4.72 Å². The Morgan fingerprint density at radius 1 is 1.14 bits per heavy atom. The Labute approximate surface area is 130 Å². The van der Waals surface area contributed by atoms with Crippen molar-refractivity contribution in [3.05, 3.63) is 53.3 Å². The molecule has 21 heavy (non-hydrogen) atoms. The minimum absolute atomic E-state index is 0.0321. The van der Waals surface area contributed by atoms with Crippen LogP contribution < -0.4 is 4.72 Å². The van der Waals surface area contributed by atoms with Gasteiger partial charge >= 0.3 is 0 Å². The van der Waals surface area contributed by atoms with Crippen LogP contribution >= 0.6 is 11.6 Å². The first-order valence-electron chi connectivity index (χ1n) is 6.43. The van der Waals surface area contributed by atoms with E-state index in [1.165, 1.54) is 18.5 Å². The highest BCUT2D eigenvalue weighted by Gasteiger charge is 2.23. The summed E-state index contributed by atoms with van der Waals surface area (Å²) in [5, 5.41) is 0.144. The lowest BCUT2D eigenvalue weighted by Gasteiger charge is -2.23. The van der Waals surface area contributed by atoms with Crippen LogP contribution in [-0.4, -0.2) is 13.4 Å². The summed E-state index contributed by atoms with van der Waals surface area (Å²) in [4.78, 5) is 3.79. The molecule has 112 valence electrons. The summed E-state index contributed by atoms with van der Waals surface area (Å²) in [5.41, 5.74) is 1.27. The number of benzene rings is 1. The average Bonchev–Trinajstić information content (AvgIpc) is 2.38. The van der Waals surface area contributed by atoms with Gasteiger partial charge in [0.05, 0.1) is 10.7 Å². The van der Waals surface area contributed by atoms with E-state index >= 15 is 0 Å². The molecule has 0 amide bonds. The molecule has 0 aliphatic rings. The Morgan fingerprint density at radius 2 is 1.81 bits per heavy atom. The highest BCUT2D eigenvalue weighted by molar-refractivity contribution is 7.92.